The Labute approximate surface area is 125 Å². The van der Waals surface area contributed by atoms with E-state index in [0.29, 0.717) is 0 Å². The monoisotopic (exact) mass is 274 g/mol. The van der Waals surface area contributed by atoms with E-state index >= 15 is 0 Å². The van der Waals surface area contributed by atoms with Gasteiger partial charge in [-0.15, -0.1) is 0 Å². The molecule has 0 saturated carbocycles. The number of benzene rings is 3. The standard InChI is InChI=1S/C20H18O/c1-3-15-8-4-7-11-18(15)20(21)19-14(2)12-13-16-9-5-6-10-17(16)19/h4-13H,3H2,1-2H3. The molecule has 0 amide bonds. The Kier molecular flexibility index (Phi) is 3.57. The maximum Gasteiger partial charge on any atom is 0.194 e. The minimum atomic E-state index is 0.127. The van der Waals surface area contributed by atoms with Crippen molar-refractivity contribution in [3.05, 3.63) is 82.9 Å². The summed E-state index contributed by atoms with van der Waals surface area (Å²) in [6.07, 6.45) is 0.867. The summed E-state index contributed by atoms with van der Waals surface area (Å²) in [7, 11) is 0. The van der Waals surface area contributed by atoms with Gasteiger partial charge in [-0.05, 0) is 35.2 Å². The normalized spacial score (nSPS) is 10.8. The molecule has 0 bridgehead atoms. The highest BCUT2D eigenvalue weighted by molar-refractivity contribution is 6.18. The molecule has 0 fully saturated rings. The first-order chi connectivity index (χ1) is 10.2. The maximum atomic E-state index is 13.1. The minimum Gasteiger partial charge on any atom is -0.289 e. The smallest absolute Gasteiger partial charge is 0.194 e. The summed E-state index contributed by atoms with van der Waals surface area (Å²) in [5, 5.41) is 2.15. The first kappa shape index (κ1) is 13.6. The number of hydrogen-bond donors (Lipinski definition) is 0. The molecule has 1 nitrogen and oxygen atoms in total. The second-order valence-corrected chi connectivity index (χ2v) is 5.32. The summed E-state index contributed by atoms with van der Waals surface area (Å²) < 4.78 is 0. The van der Waals surface area contributed by atoms with Gasteiger partial charge in [0, 0.05) is 11.1 Å². The molecule has 0 aliphatic heterocycles. The van der Waals surface area contributed by atoms with Gasteiger partial charge < -0.3 is 0 Å². The van der Waals surface area contributed by atoms with E-state index in [2.05, 4.69) is 19.1 Å². The highest BCUT2D eigenvalue weighted by atomic mass is 16.1. The van der Waals surface area contributed by atoms with Crippen molar-refractivity contribution in [1.29, 1.82) is 0 Å². The first-order valence-corrected chi connectivity index (χ1v) is 7.33. The molecule has 3 aromatic carbocycles. The van der Waals surface area contributed by atoms with Crippen molar-refractivity contribution in [3.8, 4) is 0 Å². The average molecular weight is 274 g/mol. The van der Waals surface area contributed by atoms with Crippen LogP contribution in [-0.2, 0) is 6.42 Å². The quantitative estimate of drug-likeness (QED) is 0.618. The zero-order valence-corrected chi connectivity index (χ0v) is 12.4. The zero-order chi connectivity index (χ0) is 14.8. The Morgan fingerprint density at radius 2 is 1.62 bits per heavy atom. The van der Waals surface area contributed by atoms with Gasteiger partial charge >= 0.3 is 0 Å². The lowest BCUT2D eigenvalue weighted by Gasteiger charge is -2.12. The summed E-state index contributed by atoms with van der Waals surface area (Å²) in [5.74, 6) is 0.127. The second kappa shape index (κ2) is 5.53. The number of aryl methyl sites for hydroxylation is 2. The molecule has 0 aliphatic rings. The fourth-order valence-electron chi connectivity index (χ4n) is 2.87. The number of ketones is 1. The van der Waals surface area contributed by atoms with Crippen LogP contribution in [0, 0.1) is 6.92 Å². The fourth-order valence-corrected chi connectivity index (χ4v) is 2.87. The fraction of sp³-hybridized carbons (Fsp3) is 0.150. The van der Waals surface area contributed by atoms with Crippen LogP contribution in [0.4, 0.5) is 0 Å². The van der Waals surface area contributed by atoms with Crippen LogP contribution in [0.1, 0.15) is 34.0 Å². The molecule has 0 aromatic heterocycles. The maximum absolute atomic E-state index is 13.1. The molecule has 3 aromatic rings. The molecule has 0 N–H and O–H groups in total. The predicted molar refractivity (Wildman–Crippen MR) is 87.9 cm³/mol. The van der Waals surface area contributed by atoms with Gasteiger partial charge in [-0.3, -0.25) is 4.79 Å². The van der Waals surface area contributed by atoms with Gasteiger partial charge in [-0.25, -0.2) is 0 Å². The Hall–Kier alpha value is -2.41. The van der Waals surface area contributed by atoms with Gasteiger partial charge in [0.2, 0.25) is 0 Å². The molecule has 0 aliphatic carbocycles. The largest absolute Gasteiger partial charge is 0.289 e. The van der Waals surface area contributed by atoms with Crippen molar-refractivity contribution in [1.82, 2.24) is 0 Å². The molecule has 0 radical (unpaired) electrons. The highest BCUT2D eigenvalue weighted by Crippen LogP contribution is 2.26. The lowest BCUT2D eigenvalue weighted by molar-refractivity contribution is 0.103. The third-order valence-corrected chi connectivity index (χ3v) is 4.01. The van der Waals surface area contributed by atoms with E-state index in [-0.39, 0.29) is 5.78 Å². The van der Waals surface area contributed by atoms with Gasteiger partial charge in [0.15, 0.2) is 5.78 Å². The third-order valence-electron chi connectivity index (χ3n) is 4.01. The molecular formula is C20H18O. The summed E-state index contributed by atoms with van der Waals surface area (Å²) in [6, 6.07) is 20.1. The van der Waals surface area contributed by atoms with Crippen LogP contribution in [0.15, 0.2) is 60.7 Å². The van der Waals surface area contributed by atoms with Crippen LogP contribution in [0.25, 0.3) is 10.8 Å². The number of hydrogen-bond acceptors (Lipinski definition) is 1. The summed E-state index contributed by atoms with van der Waals surface area (Å²) >= 11 is 0. The van der Waals surface area contributed by atoms with Crippen LogP contribution in [0.3, 0.4) is 0 Å². The topological polar surface area (TPSA) is 17.1 Å². The van der Waals surface area contributed by atoms with Gasteiger partial charge in [0.05, 0.1) is 0 Å². The Balaban J connectivity index is 2.25. The van der Waals surface area contributed by atoms with Gasteiger partial charge in [-0.2, -0.15) is 0 Å². The number of carbonyl (C=O) groups excluding carboxylic acids is 1. The molecule has 0 saturated heterocycles. The van der Waals surface area contributed by atoms with E-state index in [1.807, 2.05) is 55.5 Å². The van der Waals surface area contributed by atoms with E-state index in [1.165, 1.54) is 0 Å². The van der Waals surface area contributed by atoms with Crippen LogP contribution < -0.4 is 0 Å². The van der Waals surface area contributed by atoms with Crippen molar-refractivity contribution in [2.45, 2.75) is 20.3 Å². The van der Waals surface area contributed by atoms with E-state index in [9.17, 15) is 4.79 Å². The highest BCUT2D eigenvalue weighted by Gasteiger charge is 2.17. The number of fused-ring (bicyclic) bond motifs is 1. The molecule has 1 heteroatoms. The van der Waals surface area contributed by atoms with Crippen molar-refractivity contribution >= 4 is 16.6 Å². The molecule has 0 spiro atoms. The average Bonchev–Trinajstić information content (AvgIpc) is 2.54. The summed E-state index contributed by atoms with van der Waals surface area (Å²) in [5.41, 5.74) is 3.79. The van der Waals surface area contributed by atoms with E-state index in [4.69, 9.17) is 0 Å². The van der Waals surface area contributed by atoms with Crippen molar-refractivity contribution < 1.29 is 4.79 Å². The number of rotatable bonds is 3. The molecule has 21 heavy (non-hydrogen) atoms. The van der Waals surface area contributed by atoms with Crippen molar-refractivity contribution in [2.24, 2.45) is 0 Å². The summed E-state index contributed by atoms with van der Waals surface area (Å²) in [4.78, 5) is 13.1. The molecule has 0 unspecified atom stereocenters. The molecule has 104 valence electrons. The van der Waals surface area contributed by atoms with Gasteiger partial charge in [0.25, 0.3) is 0 Å². The SMILES string of the molecule is CCc1ccccc1C(=O)c1c(C)ccc2ccccc12. The van der Waals surface area contributed by atoms with Crippen LogP contribution in [-0.4, -0.2) is 5.78 Å². The first-order valence-electron chi connectivity index (χ1n) is 7.33. The molecule has 0 atom stereocenters. The molecule has 3 rings (SSSR count). The molecule has 0 heterocycles. The van der Waals surface area contributed by atoms with Gasteiger partial charge in [0.1, 0.15) is 0 Å². The van der Waals surface area contributed by atoms with Crippen LogP contribution in [0.2, 0.25) is 0 Å². The third kappa shape index (κ3) is 2.36. The van der Waals surface area contributed by atoms with Gasteiger partial charge in [-0.1, -0.05) is 67.6 Å². The van der Waals surface area contributed by atoms with E-state index < -0.39 is 0 Å². The zero-order valence-electron chi connectivity index (χ0n) is 12.4. The lowest BCUT2D eigenvalue weighted by Crippen LogP contribution is -2.07. The lowest BCUT2D eigenvalue weighted by atomic mass is 9.91. The van der Waals surface area contributed by atoms with Crippen molar-refractivity contribution in [2.75, 3.05) is 0 Å². The van der Waals surface area contributed by atoms with Crippen molar-refractivity contribution in [3.63, 3.8) is 0 Å². The van der Waals surface area contributed by atoms with E-state index in [1.54, 1.807) is 0 Å². The van der Waals surface area contributed by atoms with Crippen LogP contribution in [0.5, 0.6) is 0 Å². The number of carbonyl (C=O) groups is 1. The molecular weight excluding hydrogens is 256 g/mol. The van der Waals surface area contributed by atoms with E-state index in [0.717, 1.165) is 39.4 Å². The summed E-state index contributed by atoms with van der Waals surface area (Å²) in [6.45, 7) is 4.09. The van der Waals surface area contributed by atoms with Crippen LogP contribution >= 0.6 is 0 Å². The Morgan fingerprint density at radius 3 is 2.43 bits per heavy atom. The minimum absolute atomic E-state index is 0.127. The Morgan fingerprint density at radius 1 is 0.905 bits per heavy atom. The Bertz CT molecular complexity index is 815. The predicted octanol–water partition coefficient (Wildman–Crippen LogP) is 4.94. The second-order valence-electron chi connectivity index (χ2n) is 5.32.